The summed E-state index contributed by atoms with van der Waals surface area (Å²) in [6, 6.07) is 5.69. The predicted molar refractivity (Wildman–Crippen MR) is 72.6 cm³/mol. The fourth-order valence-electron chi connectivity index (χ4n) is 2.16. The van der Waals surface area contributed by atoms with Crippen molar-refractivity contribution >= 4 is 17.5 Å². The van der Waals surface area contributed by atoms with E-state index in [2.05, 4.69) is 0 Å². The zero-order valence-corrected chi connectivity index (χ0v) is 11.4. The van der Waals surface area contributed by atoms with E-state index in [0.29, 0.717) is 19.0 Å². The summed E-state index contributed by atoms with van der Waals surface area (Å²) in [5.74, 6) is 1.58. The molecule has 0 spiro atoms. The van der Waals surface area contributed by atoms with Crippen LogP contribution in [0.2, 0.25) is 0 Å². The highest BCUT2D eigenvalue weighted by atomic mass is 35.5. The Bertz CT molecular complexity index is 434. The van der Waals surface area contributed by atoms with Crippen LogP contribution in [0.5, 0.6) is 5.75 Å². The van der Waals surface area contributed by atoms with E-state index in [1.54, 1.807) is 0 Å². The number of nitrogens with zero attached hydrogens (tertiary/aromatic N) is 1. The molecule has 1 amide bonds. The molecule has 4 heteroatoms. The monoisotopic (exact) mass is 267 g/mol. The lowest BCUT2D eigenvalue weighted by atomic mass is 10.1. The molecule has 0 N–H and O–H groups in total. The fourth-order valence-corrected chi connectivity index (χ4v) is 2.28. The second-order valence-corrected chi connectivity index (χ2v) is 4.73. The number of benzene rings is 1. The molecule has 0 radical (unpaired) electrons. The van der Waals surface area contributed by atoms with Crippen LogP contribution in [0.4, 0.5) is 0 Å². The van der Waals surface area contributed by atoms with Crippen molar-refractivity contribution in [3.05, 3.63) is 29.3 Å². The summed E-state index contributed by atoms with van der Waals surface area (Å²) in [6.07, 6.45) is 1.72. The minimum Gasteiger partial charge on any atom is -0.493 e. The van der Waals surface area contributed by atoms with Gasteiger partial charge in [-0.05, 0) is 37.1 Å². The summed E-state index contributed by atoms with van der Waals surface area (Å²) in [5, 5.41) is 0. The molecule has 0 aliphatic carbocycles. The van der Waals surface area contributed by atoms with Crippen LogP contribution in [0, 0.1) is 0 Å². The van der Waals surface area contributed by atoms with Crippen molar-refractivity contribution < 1.29 is 9.53 Å². The summed E-state index contributed by atoms with van der Waals surface area (Å²) >= 11 is 5.68. The lowest BCUT2D eigenvalue weighted by molar-refractivity contribution is 0.0765. The van der Waals surface area contributed by atoms with E-state index in [1.807, 2.05) is 30.0 Å². The maximum atomic E-state index is 12.3. The van der Waals surface area contributed by atoms with Crippen LogP contribution in [0.1, 0.15) is 29.3 Å². The van der Waals surface area contributed by atoms with Crippen LogP contribution < -0.4 is 4.74 Å². The van der Waals surface area contributed by atoms with E-state index in [0.717, 1.165) is 36.3 Å². The number of amides is 1. The standard InChI is InChI=1S/C14H18ClNO2/c1-2-16(8-3-7-15)14(17)12-4-5-13-11(10-12)6-9-18-13/h4-5,10H,2-3,6-9H2,1H3. The molecule has 0 atom stereocenters. The minimum atomic E-state index is 0.0808. The summed E-state index contributed by atoms with van der Waals surface area (Å²) in [6.45, 7) is 4.13. The van der Waals surface area contributed by atoms with Gasteiger partial charge in [-0.1, -0.05) is 0 Å². The van der Waals surface area contributed by atoms with E-state index >= 15 is 0 Å². The van der Waals surface area contributed by atoms with Gasteiger partial charge < -0.3 is 9.64 Å². The SMILES string of the molecule is CCN(CCCCl)C(=O)c1ccc2c(c1)CCO2. The Hall–Kier alpha value is -1.22. The zero-order chi connectivity index (χ0) is 13.0. The van der Waals surface area contributed by atoms with E-state index in [-0.39, 0.29) is 5.91 Å². The number of halogens is 1. The highest BCUT2D eigenvalue weighted by molar-refractivity contribution is 6.17. The smallest absolute Gasteiger partial charge is 0.253 e. The third-order valence-corrected chi connectivity index (χ3v) is 3.43. The highest BCUT2D eigenvalue weighted by Gasteiger charge is 2.18. The molecule has 0 aromatic heterocycles. The predicted octanol–water partition coefficient (Wildman–Crippen LogP) is 2.71. The van der Waals surface area contributed by atoms with Crippen LogP contribution >= 0.6 is 11.6 Å². The Morgan fingerprint density at radius 3 is 3.06 bits per heavy atom. The summed E-state index contributed by atoms with van der Waals surface area (Å²) in [5.41, 5.74) is 1.88. The summed E-state index contributed by atoms with van der Waals surface area (Å²) in [7, 11) is 0. The molecule has 3 nitrogen and oxygen atoms in total. The van der Waals surface area contributed by atoms with Gasteiger partial charge in [0.25, 0.3) is 5.91 Å². The van der Waals surface area contributed by atoms with Gasteiger partial charge in [-0.2, -0.15) is 0 Å². The zero-order valence-electron chi connectivity index (χ0n) is 10.6. The summed E-state index contributed by atoms with van der Waals surface area (Å²) < 4.78 is 5.44. The molecule has 1 heterocycles. The maximum absolute atomic E-state index is 12.3. The number of carbonyl (C=O) groups is 1. The molecule has 1 aromatic carbocycles. The molecule has 18 heavy (non-hydrogen) atoms. The average Bonchev–Trinajstić information content (AvgIpc) is 2.86. The molecular weight excluding hydrogens is 250 g/mol. The second-order valence-electron chi connectivity index (χ2n) is 4.35. The fraction of sp³-hybridized carbons (Fsp3) is 0.500. The molecule has 1 aliphatic heterocycles. The van der Waals surface area contributed by atoms with Gasteiger partial charge in [0.15, 0.2) is 0 Å². The Morgan fingerprint density at radius 1 is 1.50 bits per heavy atom. The number of ether oxygens (including phenoxy) is 1. The largest absolute Gasteiger partial charge is 0.493 e. The molecule has 0 fully saturated rings. The molecule has 2 rings (SSSR count). The van der Waals surface area contributed by atoms with Gasteiger partial charge in [0.2, 0.25) is 0 Å². The van der Waals surface area contributed by atoms with Gasteiger partial charge in [-0.25, -0.2) is 0 Å². The van der Waals surface area contributed by atoms with Crippen molar-refractivity contribution in [2.45, 2.75) is 19.8 Å². The van der Waals surface area contributed by atoms with Gasteiger partial charge in [-0.3, -0.25) is 4.79 Å². The van der Waals surface area contributed by atoms with Crippen LogP contribution in [-0.2, 0) is 6.42 Å². The van der Waals surface area contributed by atoms with Crippen LogP contribution in [0.25, 0.3) is 0 Å². The topological polar surface area (TPSA) is 29.5 Å². The van der Waals surface area contributed by atoms with E-state index in [1.165, 1.54) is 0 Å². The van der Waals surface area contributed by atoms with E-state index < -0.39 is 0 Å². The van der Waals surface area contributed by atoms with Crippen molar-refractivity contribution in [1.29, 1.82) is 0 Å². The highest BCUT2D eigenvalue weighted by Crippen LogP contribution is 2.26. The molecule has 0 saturated carbocycles. The first-order valence-electron chi connectivity index (χ1n) is 6.37. The number of hydrogen-bond acceptors (Lipinski definition) is 2. The van der Waals surface area contributed by atoms with Gasteiger partial charge in [0.1, 0.15) is 5.75 Å². The Balaban J connectivity index is 2.12. The van der Waals surface area contributed by atoms with Crippen LogP contribution in [0.3, 0.4) is 0 Å². The van der Waals surface area contributed by atoms with Crippen molar-refractivity contribution in [2.75, 3.05) is 25.6 Å². The first-order valence-corrected chi connectivity index (χ1v) is 6.90. The van der Waals surface area contributed by atoms with Crippen molar-refractivity contribution in [3.63, 3.8) is 0 Å². The molecule has 1 aromatic rings. The third-order valence-electron chi connectivity index (χ3n) is 3.17. The van der Waals surface area contributed by atoms with Gasteiger partial charge in [-0.15, -0.1) is 11.6 Å². The third kappa shape index (κ3) is 2.78. The van der Waals surface area contributed by atoms with E-state index in [9.17, 15) is 4.79 Å². The van der Waals surface area contributed by atoms with E-state index in [4.69, 9.17) is 16.3 Å². The Kier molecular flexibility index (Phi) is 4.48. The molecule has 98 valence electrons. The van der Waals surface area contributed by atoms with Crippen molar-refractivity contribution in [3.8, 4) is 5.75 Å². The van der Waals surface area contributed by atoms with Crippen LogP contribution in [-0.4, -0.2) is 36.4 Å². The van der Waals surface area contributed by atoms with Crippen LogP contribution in [0.15, 0.2) is 18.2 Å². The first kappa shape index (κ1) is 13.2. The lowest BCUT2D eigenvalue weighted by Crippen LogP contribution is -2.32. The lowest BCUT2D eigenvalue weighted by Gasteiger charge is -2.20. The molecular formula is C14H18ClNO2. The quantitative estimate of drug-likeness (QED) is 0.768. The molecule has 0 saturated heterocycles. The minimum absolute atomic E-state index is 0.0808. The average molecular weight is 268 g/mol. The Labute approximate surface area is 113 Å². The van der Waals surface area contributed by atoms with Crippen molar-refractivity contribution in [1.82, 2.24) is 4.90 Å². The second kappa shape index (κ2) is 6.10. The van der Waals surface area contributed by atoms with Crippen molar-refractivity contribution in [2.24, 2.45) is 0 Å². The molecule has 0 unspecified atom stereocenters. The number of fused-ring (bicyclic) bond motifs is 1. The molecule has 1 aliphatic rings. The Morgan fingerprint density at radius 2 is 2.33 bits per heavy atom. The van der Waals surface area contributed by atoms with Gasteiger partial charge in [0, 0.05) is 31.0 Å². The summed E-state index contributed by atoms with van der Waals surface area (Å²) in [4.78, 5) is 14.2. The molecule has 0 bridgehead atoms. The normalized spacial score (nSPS) is 13.0. The number of alkyl halides is 1. The number of carbonyl (C=O) groups excluding carboxylic acids is 1. The number of hydrogen-bond donors (Lipinski definition) is 0. The van der Waals surface area contributed by atoms with Gasteiger partial charge >= 0.3 is 0 Å². The first-order chi connectivity index (χ1) is 8.76. The van der Waals surface area contributed by atoms with Gasteiger partial charge in [0.05, 0.1) is 6.61 Å². The maximum Gasteiger partial charge on any atom is 0.253 e. The number of rotatable bonds is 5.